The molecule has 1 heterocycles. The first-order chi connectivity index (χ1) is 13.5. The number of hydrogen-bond acceptors (Lipinski definition) is 5. The number of sulfone groups is 1. The molecule has 3 aromatic carbocycles. The third-order valence-corrected chi connectivity index (χ3v) is 5.88. The molecule has 0 amide bonds. The first-order valence-corrected chi connectivity index (χ1v) is 9.83. The third kappa shape index (κ3) is 3.14. The van der Waals surface area contributed by atoms with E-state index in [1.165, 1.54) is 16.8 Å². The molecule has 0 aliphatic rings. The van der Waals surface area contributed by atoms with E-state index in [1.54, 1.807) is 48.5 Å². The van der Waals surface area contributed by atoms with E-state index in [0.29, 0.717) is 22.6 Å². The topological polar surface area (TPSA) is 90.9 Å². The lowest BCUT2D eigenvalue weighted by Crippen LogP contribution is -2.06. The van der Waals surface area contributed by atoms with Crippen molar-refractivity contribution >= 4 is 15.5 Å². The van der Waals surface area contributed by atoms with Crippen LogP contribution in [-0.2, 0) is 9.84 Å². The minimum Gasteiger partial charge on any atom is -0.399 e. The highest BCUT2D eigenvalue weighted by atomic mass is 32.2. The second-order valence-corrected chi connectivity index (χ2v) is 7.93. The number of nitrogen functional groups attached to an aromatic ring is 1. The van der Waals surface area contributed by atoms with Gasteiger partial charge in [-0.3, -0.25) is 0 Å². The molecule has 4 rings (SSSR count). The molecule has 2 N–H and O–H groups in total. The normalized spacial score (nSPS) is 11.5. The molecule has 0 aliphatic heterocycles. The molecule has 0 fully saturated rings. The number of halogens is 1. The van der Waals surface area contributed by atoms with Crippen molar-refractivity contribution in [1.82, 2.24) is 15.0 Å². The van der Waals surface area contributed by atoms with E-state index in [9.17, 15) is 12.8 Å². The van der Waals surface area contributed by atoms with E-state index in [-0.39, 0.29) is 9.92 Å². The number of anilines is 1. The summed E-state index contributed by atoms with van der Waals surface area (Å²) in [6, 6.07) is 20.4. The van der Waals surface area contributed by atoms with Gasteiger partial charge in [-0.15, -0.1) is 5.10 Å². The van der Waals surface area contributed by atoms with Gasteiger partial charge in [0.2, 0.25) is 14.9 Å². The van der Waals surface area contributed by atoms with E-state index in [4.69, 9.17) is 5.73 Å². The standard InChI is InChI=1S/C20H15FN4O2S/c21-15-6-12-18(13-7-15)28(26,27)20-19(14-4-2-1-3-5-14)25(24-23-20)17-10-8-16(22)9-11-17/h1-13H,22H2. The zero-order chi connectivity index (χ0) is 19.7. The summed E-state index contributed by atoms with van der Waals surface area (Å²) in [4.78, 5) is -0.0598. The van der Waals surface area contributed by atoms with Crippen molar-refractivity contribution in [1.29, 1.82) is 0 Å². The molecule has 0 unspecified atom stereocenters. The van der Waals surface area contributed by atoms with Crippen molar-refractivity contribution < 1.29 is 12.8 Å². The van der Waals surface area contributed by atoms with Crippen LogP contribution in [0.3, 0.4) is 0 Å². The molecule has 0 saturated heterocycles. The van der Waals surface area contributed by atoms with Gasteiger partial charge in [-0.25, -0.2) is 17.5 Å². The average molecular weight is 394 g/mol. The Morgan fingerprint density at radius 3 is 2.14 bits per heavy atom. The molecule has 0 saturated carbocycles. The number of benzene rings is 3. The molecule has 0 atom stereocenters. The Morgan fingerprint density at radius 2 is 1.50 bits per heavy atom. The molecule has 0 aliphatic carbocycles. The lowest BCUT2D eigenvalue weighted by molar-refractivity contribution is 0.591. The molecule has 140 valence electrons. The van der Waals surface area contributed by atoms with Crippen LogP contribution in [0, 0.1) is 5.82 Å². The van der Waals surface area contributed by atoms with Crippen LogP contribution in [0.1, 0.15) is 0 Å². The molecular weight excluding hydrogens is 379 g/mol. The largest absolute Gasteiger partial charge is 0.399 e. The molecule has 1 aromatic heterocycles. The fraction of sp³-hybridized carbons (Fsp3) is 0. The molecule has 0 radical (unpaired) electrons. The van der Waals surface area contributed by atoms with Gasteiger partial charge in [-0.2, -0.15) is 0 Å². The lowest BCUT2D eigenvalue weighted by Gasteiger charge is -2.09. The first kappa shape index (κ1) is 17.9. The summed E-state index contributed by atoms with van der Waals surface area (Å²) in [5, 5.41) is 7.83. The van der Waals surface area contributed by atoms with E-state index >= 15 is 0 Å². The number of nitrogens with two attached hydrogens (primary N) is 1. The van der Waals surface area contributed by atoms with Gasteiger partial charge in [0, 0.05) is 11.3 Å². The molecule has 0 spiro atoms. The van der Waals surface area contributed by atoms with Crippen molar-refractivity contribution in [3.8, 4) is 16.9 Å². The van der Waals surface area contributed by atoms with Crippen molar-refractivity contribution in [3.05, 3.63) is 84.7 Å². The van der Waals surface area contributed by atoms with Gasteiger partial charge in [0.25, 0.3) is 0 Å². The van der Waals surface area contributed by atoms with Gasteiger partial charge in [0.1, 0.15) is 11.5 Å². The number of nitrogens with zero attached hydrogens (tertiary/aromatic N) is 3. The minimum absolute atomic E-state index is 0.0598. The Labute approximate surface area is 161 Å². The van der Waals surface area contributed by atoms with Gasteiger partial charge >= 0.3 is 0 Å². The number of hydrogen-bond donors (Lipinski definition) is 1. The molecule has 8 heteroatoms. The number of rotatable bonds is 4. The number of aromatic nitrogens is 3. The Bertz CT molecular complexity index is 1220. The summed E-state index contributed by atoms with van der Waals surface area (Å²) in [6.07, 6.45) is 0. The van der Waals surface area contributed by atoms with Crippen LogP contribution in [0.2, 0.25) is 0 Å². The van der Waals surface area contributed by atoms with Gasteiger partial charge in [-0.05, 0) is 48.5 Å². The maximum atomic E-state index is 13.2. The highest BCUT2D eigenvalue weighted by Gasteiger charge is 2.29. The highest BCUT2D eigenvalue weighted by molar-refractivity contribution is 7.91. The van der Waals surface area contributed by atoms with Gasteiger partial charge < -0.3 is 5.73 Å². The fourth-order valence-electron chi connectivity index (χ4n) is 2.81. The smallest absolute Gasteiger partial charge is 0.227 e. The molecule has 4 aromatic rings. The van der Waals surface area contributed by atoms with Crippen molar-refractivity contribution in [2.24, 2.45) is 0 Å². The Balaban J connectivity index is 1.96. The van der Waals surface area contributed by atoms with E-state index in [1.807, 2.05) is 6.07 Å². The predicted molar refractivity (Wildman–Crippen MR) is 103 cm³/mol. The second kappa shape index (κ2) is 6.90. The van der Waals surface area contributed by atoms with Crippen molar-refractivity contribution in [2.75, 3.05) is 5.73 Å². The van der Waals surface area contributed by atoms with E-state index < -0.39 is 15.7 Å². The predicted octanol–water partition coefficient (Wildman–Crippen LogP) is 3.49. The Kier molecular flexibility index (Phi) is 4.40. The summed E-state index contributed by atoms with van der Waals surface area (Å²) < 4.78 is 41.1. The van der Waals surface area contributed by atoms with Crippen LogP contribution >= 0.6 is 0 Å². The molecule has 28 heavy (non-hydrogen) atoms. The summed E-state index contributed by atoms with van der Waals surface area (Å²) in [6.45, 7) is 0. The summed E-state index contributed by atoms with van der Waals surface area (Å²) in [5.74, 6) is -0.521. The lowest BCUT2D eigenvalue weighted by atomic mass is 10.1. The Hall–Kier alpha value is -3.52. The third-order valence-electron chi connectivity index (χ3n) is 4.20. The molecule has 6 nitrogen and oxygen atoms in total. The van der Waals surface area contributed by atoms with Crippen LogP contribution < -0.4 is 5.73 Å². The summed E-state index contributed by atoms with van der Waals surface area (Å²) >= 11 is 0. The zero-order valence-electron chi connectivity index (χ0n) is 14.5. The summed E-state index contributed by atoms with van der Waals surface area (Å²) in [7, 11) is -4.02. The van der Waals surface area contributed by atoms with Crippen LogP contribution in [0.4, 0.5) is 10.1 Å². The molecular formula is C20H15FN4O2S. The molecule has 0 bridgehead atoms. The van der Waals surface area contributed by atoms with Crippen LogP contribution in [0.25, 0.3) is 16.9 Å². The van der Waals surface area contributed by atoms with Crippen LogP contribution in [0.15, 0.2) is 88.8 Å². The fourth-order valence-corrected chi connectivity index (χ4v) is 4.13. The SMILES string of the molecule is Nc1ccc(-n2nnc(S(=O)(=O)c3ccc(F)cc3)c2-c2ccccc2)cc1. The Morgan fingerprint density at radius 1 is 0.857 bits per heavy atom. The van der Waals surface area contributed by atoms with Crippen LogP contribution in [0.5, 0.6) is 0 Å². The average Bonchev–Trinajstić information content (AvgIpc) is 3.15. The van der Waals surface area contributed by atoms with Crippen molar-refractivity contribution in [2.45, 2.75) is 9.92 Å². The van der Waals surface area contributed by atoms with Gasteiger partial charge in [-0.1, -0.05) is 35.5 Å². The van der Waals surface area contributed by atoms with E-state index in [2.05, 4.69) is 10.3 Å². The quantitative estimate of drug-likeness (QED) is 0.423. The zero-order valence-corrected chi connectivity index (χ0v) is 15.3. The first-order valence-electron chi connectivity index (χ1n) is 8.34. The van der Waals surface area contributed by atoms with Crippen molar-refractivity contribution in [3.63, 3.8) is 0 Å². The van der Waals surface area contributed by atoms with Gasteiger partial charge in [0.05, 0.1) is 10.6 Å². The van der Waals surface area contributed by atoms with E-state index in [0.717, 1.165) is 12.1 Å². The maximum Gasteiger partial charge on any atom is 0.227 e. The minimum atomic E-state index is -4.02. The highest BCUT2D eigenvalue weighted by Crippen LogP contribution is 2.31. The maximum absolute atomic E-state index is 13.2. The van der Waals surface area contributed by atoms with Gasteiger partial charge in [0.15, 0.2) is 0 Å². The summed E-state index contributed by atoms with van der Waals surface area (Å²) in [5.41, 5.74) is 7.87. The monoisotopic (exact) mass is 394 g/mol. The van der Waals surface area contributed by atoms with Crippen LogP contribution in [-0.4, -0.2) is 23.4 Å². The second-order valence-electron chi connectivity index (χ2n) is 6.07.